The summed E-state index contributed by atoms with van der Waals surface area (Å²) in [5, 5.41) is 0. The van der Waals surface area contributed by atoms with E-state index in [1.165, 1.54) is 6.07 Å². The first-order valence-electron chi connectivity index (χ1n) is 5.99. The van der Waals surface area contributed by atoms with Crippen molar-refractivity contribution in [3.8, 4) is 5.75 Å². The molecule has 20 heavy (non-hydrogen) atoms. The number of benzene rings is 2. The van der Waals surface area contributed by atoms with E-state index in [0.29, 0.717) is 0 Å². The van der Waals surface area contributed by atoms with E-state index in [1.54, 1.807) is 0 Å². The summed E-state index contributed by atoms with van der Waals surface area (Å²) in [4.78, 5) is 12.0. The fourth-order valence-electron chi connectivity index (χ4n) is 2.23. The highest BCUT2D eigenvalue weighted by atomic mass is 19.1. The second kappa shape index (κ2) is 4.67. The maximum atomic E-state index is 13.7. The van der Waals surface area contributed by atoms with Gasteiger partial charge in [0.15, 0.2) is 5.78 Å². The smallest absolute Gasteiger partial charge is 0.170 e. The van der Waals surface area contributed by atoms with Gasteiger partial charge in [0.25, 0.3) is 0 Å². The average Bonchev–Trinajstić information content (AvgIpc) is 2.42. The first-order valence-corrected chi connectivity index (χ1v) is 5.99. The Balaban J connectivity index is 2.01. The van der Waals surface area contributed by atoms with Crippen molar-refractivity contribution in [2.45, 2.75) is 12.5 Å². The van der Waals surface area contributed by atoms with Crippen LogP contribution >= 0.6 is 0 Å². The quantitative estimate of drug-likeness (QED) is 0.793. The molecule has 1 unspecified atom stereocenters. The Hall–Kier alpha value is -2.30. The topological polar surface area (TPSA) is 26.3 Å². The summed E-state index contributed by atoms with van der Waals surface area (Å²) >= 11 is 0. The van der Waals surface area contributed by atoms with Gasteiger partial charge in [0.1, 0.15) is 29.3 Å². The number of hydrogen-bond acceptors (Lipinski definition) is 2. The lowest BCUT2D eigenvalue weighted by molar-refractivity contribution is 0.0844. The Morgan fingerprint density at radius 2 is 1.70 bits per heavy atom. The minimum absolute atomic E-state index is 0.0201. The van der Waals surface area contributed by atoms with Gasteiger partial charge in [-0.3, -0.25) is 4.79 Å². The Morgan fingerprint density at radius 1 is 1.00 bits per heavy atom. The Bertz CT molecular complexity index is 698. The van der Waals surface area contributed by atoms with E-state index in [9.17, 15) is 18.0 Å². The van der Waals surface area contributed by atoms with Crippen LogP contribution in [-0.4, -0.2) is 5.78 Å². The molecule has 0 aromatic heterocycles. The van der Waals surface area contributed by atoms with Crippen molar-refractivity contribution in [2.75, 3.05) is 0 Å². The molecule has 1 aliphatic rings. The first kappa shape index (κ1) is 12.7. The maximum absolute atomic E-state index is 13.7. The summed E-state index contributed by atoms with van der Waals surface area (Å²) in [6.07, 6.45) is -1.06. The zero-order valence-electron chi connectivity index (χ0n) is 10.2. The second-order valence-electron chi connectivity index (χ2n) is 4.54. The number of carbonyl (C=O) groups excluding carboxylic acids is 1. The van der Waals surface area contributed by atoms with Crippen LogP contribution in [-0.2, 0) is 0 Å². The highest BCUT2D eigenvalue weighted by Gasteiger charge is 2.29. The molecular weight excluding hydrogens is 269 g/mol. The third kappa shape index (κ3) is 2.15. The van der Waals surface area contributed by atoms with E-state index in [0.717, 1.165) is 30.3 Å². The van der Waals surface area contributed by atoms with Gasteiger partial charge in [-0.15, -0.1) is 0 Å². The summed E-state index contributed by atoms with van der Waals surface area (Å²) in [6, 6.07) is 6.52. The zero-order chi connectivity index (χ0) is 14.3. The standard InChI is InChI=1S/C15H9F3O2/c16-8-1-3-12(18)10(5-8)15-7-13(19)11-6-9(17)2-4-14(11)20-15/h1-6,15H,7H2. The van der Waals surface area contributed by atoms with E-state index in [2.05, 4.69) is 0 Å². The molecule has 2 aromatic rings. The SMILES string of the molecule is O=C1CC(c2cc(F)ccc2F)Oc2ccc(F)cc21. The average molecular weight is 278 g/mol. The number of rotatable bonds is 1. The van der Waals surface area contributed by atoms with Gasteiger partial charge in [-0.25, -0.2) is 13.2 Å². The van der Waals surface area contributed by atoms with Crippen LogP contribution in [0.2, 0.25) is 0 Å². The summed E-state index contributed by atoms with van der Waals surface area (Å²) < 4.78 is 45.5. The number of Topliss-reactive ketones (excluding diaryl/α,β-unsaturated/α-hetero) is 1. The van der Waals surface area contributed by atoms with Crippen molar-refractivity contribution in [3.05, 3.63) is 65.0 Å². The Morgan fingerprint density at radius 3 is 2.50 bits per heavy atom. The molecular formula is C15H9F3O2. The van der Waals surface area contributed by atoms with Crippen molar-refractivity contribution in [3.63, 3.8) is 0 Å². The van der Waals surface area contributed by atoms with Gasteiger partial charge < -0.3 is 4.74 Å². The molecule has 0 saturated heterocycles. The molecule has 3 rings (SSSR count). The van der Waals surface area contributed by atoms with Crippen LogP contribution in [0.1, 0.15) is 28.4 Å². The van der Waals surface area contributed by atoms with Gasteiger partial charge in [0.05, 0.1) is 12.0 Å². The van der Waals surface area contributed by atoms with Crippen LogP contribution in [0.15, 0.2) is 36.4 Å². The number of fused-ring (bicyclic) bond motifs is 1. The van der Waals surface area contributed by atoms with E-state index >= 15 is 0 Å². The van der Waals surface area contributed by atoms with Crippen molar-refractivity contribution >= 4 is 5.78 Å². The Labute approximate surface area is 112 Å². The summed E-state index contributed by atoms with van der Waals surface area (Å²) in [5.74, 6) is -1.98. The van der Waals surface area contributed by atoms with Crippen LogP contribution in [0.5, 0.6) is 5.75 Å². The highest BCUT2D eigenvalue weighted by molar-refractivity contribution is 6.00. The molecule has 0 N–H and O–H groups in total. The van der Waals surface area contributed by atoms with E-state index in [1.807, 2.05) is 0 Å². The molecule has 0 spiro atoms. The zero-order valence-corrected chi connectivity index (χ0v) is 10.2. The van der Waals surface area contributed by atoms with Crippen LogP contribution < -0.4 is 4.74 Å². The lowest BCUT2D eigenvalue weighted by Gasteiger charge is -2.25. The molecule has 0 radical (unpaired) electrons. The molecule has 0 bridgehead atoms. The van der Waals surface area contributed by atoms with Crippen LogP contribution in [0.3, 0.4) is 0 Å². The number of ketones is 1. The predicted octanol–water partition coefficient (Wildman–Crippen LogP) is 3.81. The highest BCUT2D eigenvalue weighted by Crippen LogP contribution is 2.36. The number of ether oxygens (including phenoxy) is 1. The molecule has 102 valence electrons. The number of hydrogen-bond donors (Lipinski definition) is 0. The normalized spacial score (nSPS) is 17.6. The molecule has 1 aliphatic heterocycles. The van der Waals surface area contributed by atoms with Gasteiger partial charge in [-0.2, -0.15) is 0 Å². The fraction of sp³-hybridized carbons (Fsp3) is 0.133. The van der Waals surface area contributed by atoms with Crippen molar-refractivity contribution < 1.29 is 22.7 Å². The minimum atomic E-state index is -0.906. The minimum Gasteiger partial charge on any atom is -0.484 e. The van der Waals surface area contributed by atoms with E-state index in [4.69, 9.17) is 4.74 Å². The molecule has 2 nitrogen and oxygen atoms in total. The Kier molecular flexibility index (Phi) is 2.97. The fourth-order valence-corrected chi connectivity index (χ4v) is 2.23. The summed E-state index contributed by atoms with van der Waals surface area (Å²) in [7, 11) is 0. The largest absolute Gasteiger partial charge is 0.484 e. The summed E-state index contributed by atoms with van der Waals surface area (Å²) in [6.45, 7) is 0. The third-order valence-corrected chi connectivity index (χ3v) is 3.19. The van der Waals surface area contributed by atoms with E-state index in [-0.39, 0.29) is 29.1 Å². The molecule has 0 aliphatic carbocycles. The molecule has 0 fully saturated rings. The van der Waals surface area contributed by atoms with Gasteiger partial charge in [0, 0.05) is 5.56 Å². The van der Waals surface area contributed by atoms with Gasteiger partial charge in [-0.05, 0) is 36.4 Å². The second-order valence-corrected chi connectivity index (χ2v) is 4.54. The van der Waals surface area contributed by atoms with E-state index < -0.39 is 23.6 Å². The van der Waals surface area contributed by atoms with Gasteiger partial charge in [-0.1, -0.05) is 0 Å². The van der Waals surface area contributed by atoms with Gasteiger partial charge >= 0.3 is 0 Å². The van der Waals surface area contributed by atoms with Crippen molar-refractivity contribution in [2.24, 2.45) is 0 Å². The monoisotopic (exact) mass is 278 g/mol. The molecule has 1 heterocycles. The number of halogens is 3. The molecule has 1 atom stereocenters. The lowest BCUT2D eigenvalue weighted by atomic mass is 9.96. The van der Waals surface area contributed by atoms with Gasteiger partial charge in [0.2, 0.25) is 0 Å². The lowest BCUT2D eigenvalue weighted by Crippen LogP contribution is -2.21. The predicted molar refractivity (Wildman–Crippen MR) is 65.1 cm³/mol. The van der Waals surface area contributed by atoms with Crippen LogP contribution in [0, 0.1) is 17.5 Å². The van der Waals surface area contributed by atoms with Crippen molar-refractivity contribution in [1.29, 1.82) is 0 Å². The van der Waals surface area contributed by atoms with Crippen molar-refractivity contribution in [1.82, 2.24) is 0 Å². The molecule has 5 heteroatoms. The van der Waals surface area contributed by atoms with Crippen LogP contribution in [0.4, 0.5) is 13.2 Å². The van der Waals surface area contributed by atoms with Crippen LogP contribution in [0.25, 0.3) is 0 Å². The number of carbonyl (C=O) groups is 1. The first-order chi connectivity index (χ1) is 9.54. The molecule has 0 saturated carbocycles. The molecule has 2 aromatic carbocycles. The maximum Gasteiger partial charge on any atom is 0.170 e. The molecule has 0 amide bonds. The summed E-state index contributed by atoms with van der Waals surface area (Å²) in [5.41, 5.74) is 0.103. The third-order valence-electron chi connectivity index (χ3n) is 3.19.